The Labute approximate surface area is 75.8 Å². The molecule has 74 valence electrons. The van der Waals surface area contributed by atoms with Gasteiger partial charge >= 0.3 is 0 Å². The van der Waals surface area contributed by atoms with E-state index in [1.54, 1.807) is 0 Å². The maximum absolute atomic E-state index is 9.20. The second-order valence-corrected chi connectivity index (χ2v) is 3.16. The van der Waals surface area contributed by atoms with Gasteiger partial charge in [-0.15, -0.1) is 0 Å². The average molecular weight is 174 g/mol. The van der Waals surface area contributed by atoms with E-state index in [0.29, 0.717) is 6.54 Å². The summed E-state index contributed by atoms with van der Waals surface area (Å²) in [5.41, 5.74) is 0. The van der Waals surface area contributed by atoms with Crippen LogP contribution in [0.4, 0.5) is 0 Å². The second-order valence-electron chi connectivity index (χ2n) is 3.16. The zero-order valence-corrected chi connectivity index (χ0v) is 8.51. The van der Waals surface area contributed by atoms with Crippen LogP contribution in [0.2, 0.25) is 0 Å². The highest BCUT2D eigenvalue weighted by atomic mass is 16.3. The summed E-state index contributed by atoms with van der Waals surface area (Å²) in [6, 6.07) is 0. The van der Waals surface area contributed by atoms with E-state index in [2.05, 4.69) is 24.2 Å². The average Bonchev–Trinajstić information content (AvgIpc) is 2.11. The van der Waals surface area contributed by atoms with E-state index < -0.39 is 0 Å². The van der Waals surface area contributed by atoms with Gasteiger partial charge in [-0.1, -0.05) is 13.8 Å². The van der Waals surface area contributed by atoms with Crippen LogP contribution in [-0.4, -0.2) is 49.3 Å². The van der Waals surface area contributed by atoms with Crippen LogP contribution in [0.25, 0.3) is 0 Å². The van der Waals surface area contributed by atoms with Gasteiger partial charge in [-0.05, 0) is 20.0 Å². The fourth-order valence-electron chi connectivity index (χ4n) is 0.841. The number of hydrogen-bond acceptors (Lipinski definition) is 3. The van der Waals surface area contributed by atoms with Crippen molar-refractivity contribution in [3.63, 3.8) is 0 Å². The summed E-state index contributed by atoms with van der Waals surface area (Å²) in [5, 5.41) is 12.4. The third-order valence-electron chi connectivity index (χ3n) is 2.06. The van der Waals surface area contributed by atoms with Gasteiger partial charge in [-0.3, -0.25) is 0 Å². The molecule has 0 aliphatic heterocycles. The molecule has 1 unspecified atom stereocenters. The molecule has 0 amide bonds. The van der Waals surface area contributed by atoms with Crippen LogP contribution in [0.3, 0.4) is 0 Å². The Morgan fingerprint density at radius 1 is 1.42 bits per heavy atom. The van der Waals surface area contributed by atoms with Crippen molar-refractivity contribution in [2.45, 2.75) is 26.4 Å². The molecule has 0 aromatic rings. The molecule has 0 radical (unpaired) electrons. The number of hydrogen-bond donors (Lipinski definition) is 2. The van der Waals surface area contributed by atoms with Gasteiger partial charge in [0.15, 0.2) is 0 Å². The predicted octanol–water partition coefficient (Wildman–Crippen LogP) is 0.299. The first-order valence-corrected chi connectivity index (χ1v) is 4.78. The molecule has 0 saturated heterocycles. The lowest BCUT2D eigenvalue weighted by molar-refractivity contribution is 0.166. The Balaban J connectivity index is 3.10. The molecule has 0 aromatic heterocycles. The Morgan fingerprint density at radius 3 is 2.58 bits per heavy atom. The van der Waals surface area contributed by atoms with Gasteiger partial charge in [0.1, 0.15) is 0 Å². The van der Waals surface area contributed by atoms with Crippen LogP contribution in [-0.2, 0) is 0 Å². The van der Waals surface area contributed by atoms with Crippen molar-refractivity contribution in [3.05, 3.63) is 0 Å². The minimum Gasteiger partial charge on any atom is -0.392 e. The van der Waals surface area contributed by atoms with Crippen LogP contribution in [0.15, 0.2) is 0 Å². The predicted molar refractivity (Wildman–Crippen MR) is 52.3 cm³/mol. The van der Waals surface area contributed by atoms with Crippen LogP contribution >= 0.6 is 0 Å². The fraction of sp³-hybridized carbons (Fsp3) is 1.00. The molecule has 12 heavy (non-hydrogen) atoms. The van der Waals surface area contributed by atoms with Crippen LogP contribution < -0.4 is 5.32 Å². The van der Waals surface area contributed by atoms with Crippen LogP contribution in [0, 0.1) is 0 Å². The van der Waals surface area contributed by atoms with Crippen molar-refractivity contribution in [1.82, 2.24) is 10.2 Å². The van der Waals surface area contributed by atoms with Gasteiger partial charge in [0.25, 0.3) is 0 Å². The number of aliphatic hydroxyl groups is 1. The van der Waals surface area contributed by atoms with Gasteiger partial charge in [-0.2, -0.15) is 0 Å². The Hall–Kier alpha value is -0.120. The smallest absolute Gasteiger partial charge is 0.0662 e. The number of nitrogens with one attached hydrogen (secondary N) is 1. The lowest BCUT2D eigenvalue weighted by Crippen LogP contribution is -2.33. The molecule has 1 atom stereocenters. The van der Waals surface area contributed by atoms with E-state index in [4.69, 9.17) is 0 Å². The van der Waals surface area contributed by atoms with Crippen molar-refractivity contribution in [1.29, 1.82) is 0 Å². The van der Waals surface area contributed by atoms with Crippen molar-refractivity contribution < 1.29 is 5.11 Å². The van der Waals surface area contributed by atoms with Gasteiger partial charge < -0.3 is 15.3 Å². The number of aliphatic hydroxyl groups excluding tert-OH is 1. The Morgan fingerprint density at radius 2 is 2.08 bits per heavy atom. The van der Waals surface area contributed by atoms with Gasteiger partial charge in [-0.25, -0.2) is 0 Å². The topological polar surface area (TPSA) is 35.5 Å². The number of rotatable bonds is 7. The van der Waals surface area contributed by atoms with Gasteiger partial charge in [0.05, 0.1) is 6.10 Å². The van der Waals surface area contributed by atoms with Gasteiger partial charge in [0.2, 0.25) is 0 Å². The van der Waals surface area contributed by atoms with E-state index in [-0.39, 0.29) is 6.10 Å². The van der Waals surface area contributed by atoms with Crippen LogP contribution in [0.5, 0.6) is 0 Å². The van der Waals surface area contributed by atoms with Gasteiger partial charge in [0, 0.05) is 19.6 Å². The van der Waals surface area contributed by atoms with E-state index in [0.717, 1.165) is 26.1 Å². The summed E-state index contributed by atoms with van der Waals surface area (Å²) in [6.07, 6.45) is 0.647. The molecule has 0 rings (SSSR count). The normalized spacial score (nSPS) is 13.8. The monoisotopic (exact) mass is 174 g/mol. The molecule has 0 aliphatic rings. The molecule has 0 bridgehead atoms. The summed E-state index contributed by atoms with van der Waals surface area (Å²) in [4.78, 5) is 2.24. The van der Waals surface area contributed by atoms with E-state index in [9.17, 15) is 5.11 Å². The van der Waals surface area contributed by atoms with Crippen molar-refractivity contribution in [2.75, 3.05) is 33.2 Å². The maximum Gasteiger partial charge on any atom is 0.0662 e. The molecule has 0 spiro atoms. The molecule has 0 heterocycles. The second kappa shape index (κ2) is 7.53. The van der Waals surface area contributed by atoms with E-state index in [1.807, 2.05) is 6.92 Å². The molecule has 0 aromatic carbocycles. The van der Waals surface area contributed by atoms with Crippen molar-refractivity contribution in [2.24, 2.45) is 0 Å². The molecule has 3 heteroatoms. The minimum absolute atomic E-state index is 0.183. The van der Waals surface area contributed by atoms with E-state index >= 15 is 0 Å². The third kappa shape index (κ3) is 6.58. The molecule has 0 saturated carbocycles. The molecular formula is C9H22N2O. The largest absolute Gasteiger partial charge is 0.392 e. The van der Waals surface area contributed by atoms with Crippen molar-refractivity contribution in [3.8, 4) is 0 Å². The first-order chi connectivity index (χ1) is 5.70. The lowest BCUT2D eigenvalue weighted by Gasteiger charge is -2.15. The Kier molecular flexibility index (Phi) is 7.45. The SMILES string of the molecule is CCC(O)CNCCN(C)CC. The molecular weight excluding hydrogens is 152 g/mol. The zero-order chi connectivity index (χ0) is 9.40. The highest BCUT2D eigenvalue weighted by Crippen LogP contribution is 1.86. The van der Waals surface area contributed by atoms with Crippen molar-refractivity contribution >= 4 is 0 Å². The molecule has 2 N–H and O–H groups in total. The summed E-state index contributed by atoms with van der Waals surface area (Å²) >= 11 is 0. The summed E-state index contributed by atoms with van der Waals surface area (Å²) < 4.78 is 0. The summed E-state index contributed by atoms with van der Waals surface area (Å²) in [6.45, 7) is 7.94. The highest BCUT2D eigenvalue weighted by Gasteiger charge is 1.99. The van der Waals surface area contributed by atoms with Crippen LogP contribution in [0.1, 0.15) is 20.3 Å². The minimum atomic E-state index is -0.183. The quantitative estimate of drug-likeness (QED) is 0.545. The van der Waals surface area contributed by atoms with E-state index in [1.165, 1.54) is 0 Å². The first-order valence-electron chi connectivity index (χ1n) is 4.78. The fourth-order valence-corrected chi connectivity index (χ4v) is 0.841. The molecule has 3 nitrogen and oxygen atoms in total. The zero-order valence-electron chi connectivity index (χ0n) is 8.51. The number of nitrogens with zero attached hydrogens (tertiary/aromatic N) is 1. The maximum atomic E-state index is 9.20. The molecule has 0 fully saturated rings. The summed E-state index contributed by atoms with van der Waals surface area (Å²) in [5.74, 6) is 0. The standard InChI is InChI=1S/C9H22N2O/c1-4-9(12)8-10-6-7-11(3)5-2/h9-10,12H,4-8H2,1-3H3. The third-order valence-corrected chi connectivity index (χ3v) is 2.06. The lowest BCUT2D eigenvalue weighted by atomic mass is 10.3. The Bertz CT molecular complexity index is 86.5. The molecule has 0 aliphatic carbocycles. The summed E-state index contributed by atoms with van der Waals surface area (Å²) in [7, 11) is 2.10. The number of likely N-dealkylation sites (N-methyl/N-ethyl adjacent to an activating group) is 1. The highest BCUT2D eigenvalue weighted by molar-refractivity contribution is 4.58. The first kappa shape index (κ1) is 11.9.